The van der Waals surface area contributed by atoms with Crippen LogP contribution in [0.15, 0.2) is 23.1 Å². The first-order chi connectivity index (χ1) is 8.19. The Morgan fingerprint density at radius 1 is 1.29 bits per heavy atom. The molecule has 0 amide bonds. The molecular formula is C12H15N3S2. The Morgan fingerprint density at radius 2 is 2.12 bits per heavy atom. The molecule has 3 nitrogen and oxygen atoms in total. The molecule has 0 atom stereocenters. The van der Waals surface area contributed by atoms with Crippen molar-refractivity contribution in [3.05, 3.63) is 34.3 Å². The molecule has 0 radical (unpaired) electrons. The van der Waals surface area contributed by atoms with Gasteiger partial charge in [-0.05, 0) is 25.5 Å². The van der Waals surface area contributed by atoms with Crippen molar-refractivity contribution < 1.29 is 0 Å². The first-order valence-electron chi connectivity index (χ1n) is 5.39. The van der Waals surface area contributed by atoms with Gasteiger partial charge in [0.1, 0.15) is 5.01 Å². The van der Waals surface area contributed by atoms with E-state index in [1.807, 2.05) is 18.8 Å². The Morgan fingerprint density at radius 3 is 2.82 bits per heavy atom. The highest BCUT2D eigenvalue weighted by molar-refractivity contribution is 7.98. The molecule has 1 N–H and O–H groups in total. The maximum Gasteiger partial charge on any atom is 0.205 e. The van der Waals surface area contributed by atoms with Gasteiger partial charge < -0.3 is 5.32 Å². The summed E-state index contributed by atoms with van der Waals surface area (Å²) in [6.07, 6.45) is 0. The fraction of sp³-hybridized carbons (Fsp3) is 0.333. The molecule has 0 unspecified atom stereocenters. The van der Waals surface area contributed by atoms with Crippen LogP contribution in [0.5, 0.6) is 0 Å². The summed E-state index contributed by atoms with van der Waals surface area (Å²) >= 11 is 3.43. The molecule has 0 saturated heterocycles. The summed E-state index contributed by atoms with van der Waals surface area (Å²) in [5.74, 6) is 0.879. The van der Waals surface area contributed by atoms with Gasteiger partial charge in [0.25, 0.3) is 0 Å². The van der Waals surface area contributed by atoms with Crippen LogP contribution in [0.1, 0.15) is 16.1 Å². The molecule has 2 aromatic rings. The lowest BCUT2D eigenvalue weighted by molar-refractivity contribution is 1.04. The molecule has 0 saturated carbocycles. The van der Waals surface area contributed by atoms with E-state index in [0.717, 1.165) is 15.9 Å². The average molecular weight is 265 g/mol. The van der Waals surface area contributed by atoms with Crippen molar-refractivity contribution in [2.24, 2.45) is 0 Å². The molecule has 0 aliphatic heterocycles. The highest BCUT2D eigenvalue weighted by atomic mass is 32.2. The molecule has 0 spiro atoms. The van der Waals surface area contributed by atoms with Crippen molar-refractivity contribution >= 4 is 28.2 Å². The van der Waals surface area contributed by atoms with Crippen LogP contribution in [0.25, 0.3) is 0 Å². The lowest BCUT2D eigenvalue weighted by Gasteiger charge is -2.04. The fourth-order valence-electron chi connectivity index (χ4n) is 1.42. The Bertz CT molecular complexity index is 508. The van der Waals surface area contributed by atoms with E-state index in [1.54, 1.807) is 11.3 Å². The summed E-state index contributed by atoms with van der Waals surface area (Å²) < 4.78 is 0. The molecule has 1 aromatic heterocycles. The van der Waals surface area contributed by atoms with Gasteiger partial charge in [0.15, 0.2) is 0 Å². The Hall–Kier alpha value is -1.07. The number of hydrogen-bond donors (Lipinski definition) is 1. The van der Waals surface area contributed by atoms with Crippen molar-refractivity contribution in [2.45, 2.75) is 24.5 Å². The van der Waals surface area contributed by atoms with Crippen LogP contribution in [0.3, 0.4) is 0 Å². The van der Waals surface area contributed by atoms with Gasteiger partial charge in [0.05, 0.1) is 5.75 Å². The molecule has 5 heteroatoms. The molecule has 0 aliphatic rings. The zero-order valence-corrected chi connectivity index (χ0v) is 11.8. The smallest absolute Gasteiger partial charge is 0.205 e. The van der Waals surface area contributed by atoms with Crippen LogP contribution in [0, 0.1) is 13.8 Å². The van der Waals surface area contributed by atoms with Gasteiger partial charge >= 0.3 is 0 Å². The van der Waals surface area contributed by atoms with E-state index in [1.165, 1.54) is 16.0 Å². The van der Waals surface area contributed by atoms with E-state index >= 15 is 0 Å². The van der Waals surface area contributed by atoms with E-state index < -0.39 is 0 Å². The first-order valence-corrected chi connectivity index (χ1v) is 7.19. The van der Waals surface area contributed by atoms with Gasteiger partial charge in [-0.3, -0.25) is 0 Å². The van der Waals surface area contributed by atoms with Crippen molar-refractivity contribution in [1.29, 1.82) is 0 Å². The van der Waals surface area contributed by atoms with Crippen LogP contribution in [0.2, 0.25) is 0 Å². The number of thioether (sulfide) groups is 1. The monoisotopic (exact) mass is 265 g/mol. The Labute approximate surface area is 110 Å². The zero-order chi connectivity index (χ0) is 12.3. The van der Waals surface area contributed by atoms with Crippen molar-refractivity contribution in [2.75, 3.05) is 12.4 Å². The number of aromatic nitrogens is 2. The second-order valence-corrected chi connectivity index (χ2v) is 5.89. The van der Waals surface area contributed by atoms with Crippen LogP contribution in [0.4, 0.5) is 5.13 Å². The number of nitrogens with one attached hydrogen (secondary N) is 1. The summed E-state index contributed by atoms with van der Waals surface area (Å²) in [7, 11) is 1.86. The molecule has 0 aliphatic carbocycles. The second kappa shape index (κ2) is 5.51. The van der Waals surface area contributed by atoms with E-state index in [2.05, 4.69) is 47.6 Å². The van der Waals surface area contributed by atoms with Crippen LogP contribution in [-0.4, -0.2) is 17.2 Å². The zero-order valence-electron chi connectivity index (χ0n) is 10.2. The largest absolute Gasteiger partial charge is 0.363 e. The molecule has 1 heterocycles. The number of benzene rings is 1. The van der Waals surface area contributed by atoms with Crippen LogP contribution in [-0.2, 0) is 5.75 Å². The topological polar surface area (TPSA) is 37.8 Å². The minimum absolute atomic E-state index is 0.876. The number of nitrogens with zero attached hydrogens (tertiary/aromatic N) is 2. The summed E-state index contributed by atoms with van der Waals surface area (Å²) in [4.78, 5) is 1.33. The van der Waals surface area contributed by atoms with Crippen molar-refractivity contribution in [1.82, 2.24) is 10.2 Å². The third-order valence-electron chi connectivity index (χ3n) is 2.38. The standard InChI is InChI=1S/C12H15N3S2/c1-8-4-5-9(2)10(6-8)16-7-11-14-15-12(13-3)17-11/h4-6H,7H2,1-3H3,(H,13,15). The molecule has 0 fully saturated rings. The summed E-state index contributed by atoms with van der Waals surface area (Å²) in [5.41, 5.74) is 2.62. The lowest BCUT2D eigenvalue weighted by Crippen LogP contribution is -1.85. The minimum atomic E-state index is 0.876. The van der Waals surface area contributed by atoms with Crippen LogP contribution >= 0.6 is 23.1 Å². The fourth-order valence-corrected chi connectivity index (χ4v) is 3.22. The molecular weight excluding hydrogens is 250 g/mol. The quantitative estimate of drug-likeness (QED) is 0.859. The molecule has 0 bridgehead atoms. The SMILES string of the molecule is CNc1nnc(CSc2cc(C)ccc2C)s1. The predicted molar refractivity (Wildman–Crippen MR) is 74.9 cm³/mol. The number of anilines is 1. The minimum Gasteiger partial charge on any atom is -0.363 e. The van der Waals surface area contributed by atoms with Crippen molar-refractivity contribution in [3.63, 3.8) is 0 Å². The Balaban J connectivity index is 2.04. The van der Waals surface area contributed by atoms with Gasteiger partial charge in [-0.15, -0.1) is 22.0 Å². The highest BCUT2D eigenvalue weighted by Crippen LogP contribution is 2.28. The second-order valence-electron chi connectivity index (χ2n) is 3.81. The van der Waals surface area contributed by atoms with Gasteiger partial charge in [-0.2, -0.15) is 0 Å². The van der Waals surface area contributed by atoms with Gasteiger partial charge in [0.2, 0.25) is 5.13 Å². The first kappa shape index (κ1) is 12.4. The summed E-state index contributed by atoms with van der Waals surface area (Å²) in [6, 6.07) is 6.53. The molecule has 90 valence electrons. The predicted octanol–water partition coefficient (Wildman–Crippen LogP) is 3.49. The van der Waals surface area contributed by atoms with Gasteiger partial charge in [-0.25, -0.2) is 0 Å². The lowest BCUT2D eigenvalue weighted by atomic mass is 10.2. The van der Waals surface area contributed by atoms with E-state index in [0.29, 0.717) is 0 Å². The maximum atomic E-state index is 4.14. The van der Waals surface area contributed by atoms with Crippen LogP contribution < -0.4 is 5.32 Å². The molecule has 17 heavy (non-hydrogen) atoms. The normalized spacial score (nSPS) is 10.5. The third-order valence-corrected chi connectivity index (χ3v) is 4.67. The number of aryl methyl sites for hydroxylation is 2. The third kappa shape index (κ3) is 3.20. The maximum absolute atomic E-state index is 4.14. The average Bonchev–Trinajstić information content (AvgIpc) is 2.78. The molecule has 2 rings (SSSR count). The van der Waals surface area contributed by atoms with E-state index in [4.69, 9.17) is 0 Å². The summed E-state index contributed by atoms with van der Waals surface area (Å²) in [5, 5.41) is 13.1. The highest BCUT2D eigenvalue weighted by Gasteiger charge is 2.05. The Kier molecular flexibility index (Phi) is 4.02. The number of rotatable bonds is 4. The van der Waals surface area contributed by atoms with E-state index in [-0.39, 0.29) is 0 Å². The molecule has 1 aromatic carbocycles. The summed E-state index contributed by atoms with van der Waals surface area (Å²) in [6.45, 7) is 4.26. The van der Waals surface area contributed by atoms with Gasteiger partial charge in [0, 0.05) is 11.9 Å². The van der Waals surface area contributed by atoms with Crippen molar-refractivity contribution in [3.8, 4) is 0 Å². The number of hydrogen-bond acceptors (Lipinski definition) is 5. The van der Waals surface area contributed by atoms with E-state index in [9.17, 15) is 0 Å². The van der Waals surface area contributed by atoms with Gasteiger partial charge in [-0.1, -0.05) is 29.0 Å².